The third-order valence-corrected chi connectivity index (χ3v) is 5.88. The number of fused-ring (bicyclic) bond motifs is 1. The second kappa shape index (κ2) is 6.63. The zero-order valence-electron chi connectivity index (χ0n) is 14.5. The van der Waals surface area contributed by atoms with Gasteiger partial charge in [-0.1, -0.05) is 42.5 Å². The van der Waals surface area contributed by atoms with Crippen molar-refractivity contribution in [2.45, 2.75) is 26.4 Å². The lowest BCUT2D eigenvalue weighted by Crippen LogP contribution is -2.51. The van der Waals surface area contributed by atoms with Crippen molar-refractivity contribution in [3.05, 3.63) is 24.3 Å². The molecule has 1 saturated heterocycles. The van der Waals surface area contributed by atoms with Gasteiger partial charge in [-0.25, -0.2) is 4.98 Å². The van der Waals surface area contributed by atoms with Gasteiger partial charge in [0.1, 0.15) is 0 Å². The smallest absolute Gasteiger partial charge is 0.267 e. The number of amides is 1. The molecule has 0 radical (unpaired) electrons. The van der Waals surface area contributed by atoms with Crippen molar-refractivity contribution in [3.63, 3.8) is 0 Å². The number of anilines is 1. The molecule has 1 aromatic heterocycles. The molecule has 0 N–H and O–H groups in total. The van der Waals surface area contributed by atoms with Crippen molar-refractivity contribution < 1.29 is 9.63 Å². The van der Waals surface area contributed by atoms with E-state index in [1.807, 2.05) is 23.1 Å². The number of nitrogens with zero attached hydrogens (tertiary/aromatic N) is 4. The van der Waals surface area contributed by atoms with Gasteiger partial charge >= 0.3 is 0 Å². The van der Waals surface area contributed by atoms with E-state index in [0.29, 0.717) is 25.4 Å². The summed E-state index contributed by atoms with van der Waals surface area (Å²) < 4.78 is 1.20. The van der Waals surface area contributed by atoms with Crippen molar-refractivity contribution in [2.75, 3.05) is 31.1 Å². The number of piperazine rings is 1. The number of rotatable bonds is 3. The van der Waals surface area contributed by atoms with Crippen molar-refractivity contribution >= 4 is 38.3 Å². The molecule has 2 aliphatic heterocycles. The summed E-state index contributed by atoms with van der Waals surface area (Å²) in [6.45, 7) is 7.15. The van der Waals surface area contributed by atoms with Crippen LogP contribution in [0.3, 0.4) is 0 Å². The average Bonchev–Trinajstić information content (AvgIpc) is 3.28. The lowest BCUT2D eigenvalue weighted by atomic mass is 10.0. The largest absolute Gasteiger partial charge is 0.382 e. The first-order valence-corrected chi connectivity index (χ1v) is 9.55. The van der Waals surface area contributed by atoms with E-state index < -0.39 is 6.10 Å². The van der Waals surface area contributed by atoms with Crippen molar-refractivity contribution in [1.29, 1.82) is 0 Å². The first kappa shape index (κ1) is 16.3. The van der Waals surface area contributed by atoms with Crippen LogP contribution in [0, 0.1) is 5.92 Å². The highest BCUT2D eigenvalue weighted by Gasteiger charge is 2.34. The highest BCUT2D eigenvalue weighted by atomic mass is 32.1. The Bertz CT molecular complexity index is 775. The van der Waals surface area contributed by atoms with E-state index in [-0.39, 0.29) is 5.91 Å². The van der Waals surface area contributed by atoms with E-state index in [2.05, 4.69) is 30.0 Å². The van der Waals surface area contributed by atoms with Crippen LogP contribution in [0.25, 0.3) is 10.2 Å². The van der Waals surface area contributed by atoms with Crippen LogP contribution in [-0.4, -0.2) is 53.8 Å². The highest BCUT2D eigenvalue weighted by Crippen LogP contribution is 2.29. The van der Waals surface area contributed by atoms with Gasteiger partial charge in [-0.15, -0.1) is 0 Å². The minimum atomic E-state index is -0.439. The zero-order valence-corrected chi connectivity index (χ0v) is 15.3. The van der Waals surface area contributed by atoms with Gasteiger partial charge in [0.05, 0.1) is 15.9 Å². The van der Waals surface area contributed by atoms with Crippen LogP contribution >= 0.6 is 11.3 Å². The molecule has 0 saturated carbocycles. The Morgan fingerprint density at radius 1 is 1.24 bits per heavy atom. The molecule has 0 unspecified atom stereocenters. The van der Waals surface area contributed by atoms with E-state index in [4.69, 9.17) is 9.82 Å². The molecule has 0 aliphatic carbocycles. The van der Waals surface area contributed by atoms with E-state index in [0.717, 1.165) is 29.4 Å². The third-order valence-electron chi connectivity index (χ3n) is 4.78. The van der Waals surface area contributed by atoms with Gasteiger partial charge in [0, 0.05) is 32.6 Å². The molecule has 3 heterocycles. The summed E-state index contributed by atoms with van der Waals surface area (Å²) in [5.41, 5.74) is 2.02. The Morgan fingerprint density at radius 3 is 2.68 bits per heavy atom. The number of carbonyl (C=O) groups excluding carboxylic acids is 1. The van der Waals surface area contributed by atoms with Crippen LogP contribution in [0.15, 0.2) is 29.4 Å². The molecule has 6 nitrogen and oxygen atoms in total. The van der Waals surface area contributed by atoms with Crippen LogP contribution in [0.2, 0.25) is 0 Å². The lowest BCUT2D eigenvalue weighted by molar-refractivity contribution is -0.142. The second-order valence-corrected chi connectivity index (χ2v) is 7.82. The fourth-order valence-electron chi connectivity index (χ4n) is 3.19. The van der Waals surface area contributed by atoms with Crippen LogP contribution in [0.5, 0.6) is 0 Å². The van der Waals surface area contributed by atoms with Gasteiger partial charge in [-0.05, 0) is 18.1 Å². The quantitative estimate of drug-likeness (QED) is 0.847. The second-order valence-electron chi connectivity index (χ2n) is 6.81. The molecule has 1 amide bonds. The topological polar surface area (TPSA) is 58.0 Å². The fourth-order valence-corrected chi connectivity index (χ4v) is 4.20. The van der Waals surface area contributed by atoms with Gasteiger partial charge in [0.15, 0.2) is 5.13 Å². The lowest BCUT2D eigenvalue weighted by Gasteiger charge is -2.35. The molecule has 2 aromatic rings. The SMILES string of the molecule is CC(C)C1=NO[C@H](C(=O)N2CCN(c3nc4ccccc4s3)CC2)C1. The monoisotopic (exact) mass is 358 g/mol. The highest BCUT2D eigenvalue weighted by molar-refractivity contribution is 7.22. The standard InChI is InChI=1S/C18H22N4O2S/c1-12(2)14-11-15(24-20-14)17(23)21-7-9-22(10-8-21)18-19-13-5-3-4-6-16(13)25-18/h3-6,12,15H,7-11H2,1-2H3/t15-/m0/s1. The summed E-state index contributed by atoms with van der Waals surface area (Å²) >= 11 is 1.71. The van der Waals surface area contributed by atoms with Crippen LogP contribution in [0.4, 0.5) is 5.13 Å². The molecule has 2 aliphatic rings. The third kappa shape index (κ3) is 3.20. The summed E-state index contributed by atoms with van der Waals surface area (Å²) in [5.74, 6) is 0.386. The van der Waals surface area contributed by atoms with Crippen molar-refractivity contribution in [3.8, 4) is 0 Å². The Balaban J connectivity index is 1.36. The zero-order chi connectivity index (χ0) is 17.4. The van der Waals surface area contributed by atoms with Gasteiger partial charge in [0.25, 0.3) is 5.91 Å². The predicted octanol–water partition coefficient (Wildman–Crippen LogP) is 2.75. The molecular formula is C18H22N4O2S. The van der Waals surface area contributed by atoms with Crippen molar-refractivity contribution in [1.82, 2.24) is 9.88 Å². The predicted molar refractivity (Wildman–Crippen MR) is 100 cm³/mol. The number of thiazole rings is 1. The maximum atomic E-state index is 12.6. The molecule has 0 bridgehead atoms. The normalized spacial score (nSPS) is 20.9. The number of hydrogen-bond donors (Lipinski definition) is 0. The Labute approximate surface area is 151 Å². The van der Waals surface area contributed by atoms with Crippen LogP contribution in [-0.2, 0) is 9.63 Å². The summed E-state index contributed by atoms with van der Waals surface area (Å²) in [6.07, 6.45) is 0.181. The minimum absolute atomic E-state index is 0.0587. The van der Waals surface area contributed by atoms with E-state index in [9.17, 15) is 4.79 Å². The fraction of sp³-hybridized carbons (Fsp3) is 0.500. The molecule has 132 valence electrons. The molecule has 0 spiro atoms. The van der Waals surface area contributed by atoms with Crippen molar-refractivity contribution in [2.24, 2.45) is 11.1 Å². The molecular weight excluding hydrogens is 336 g/mol. The summed E-state index contributed by atoms with van der Waals surface area (Å²) in [4.78, 5) is 26.9. The maximum absolute atomic E-state index is 12.6. The number of carbonyl (C=O) groups is 1. The maximum Gasteiger partial charge on any atom is 0.267 e. The van der Waals surface area contributed by atoms with Gasteiger partial charge in [-0.2, -0.15) is 0 Å². The summed E-state index contributed by atoms with van der Waals surface area (Å²) in [6, 6.07) is 8.19. The average molecular weight is 358 g/mol. The Hall–Kier alpha value is -2.15. The Kier molecular flexibility index (Phi) is 4.33. The molecule has 1 fully saturated rings. The van der Waals surface area contributed by atoms with E-state index in [1.165, 1.54) is 4.70 Å². The summed E-state index contributed by atoms with van der Waals surface area (Å²) in [7, 11) is 0. The first-order valence-electron chi connectivity index (χ1n) is 8.73. The van der Waals surface area contributed by atoms with E-state index >= 15 is 0 Å². The van der Waals surface area contributed by atoms with E-state index in [1.54, 1.807) is 11.3 Å². The molecule has 1 aromatic carbocycles. The molecule has 25 heavy (non-hydrogen) atoms. The number of oxime groups is 1. The number of aromatic nitrogens is 1. The molecule has 7 heteroatoms. The number of benzene rings is 1. The minimum Gasteiger partial charge on any atom is -0.382 e. The summed E-state index contributed by atoms with van der Waals surface area (Å²) in [5, 5.41) is 5.11. The van der Waals surface area contributed by atoms with Gasteiger partial charge in [0.2, 0.25) is 6.10 Å². The van der Waals surface area contributed by atoms with Crippen LogP contribution in [0.1, 0.15) is 20.3 Å². The Morgan fingerprint density at radius 2 is 2.00 bits per heavy atom. The molecule has 1 atom stereocenters. The molecule has 4 rings (SSSR count). The van der Waals surface area contributed by atoms with Gasteiger partial charge < -0.3 is 14.6 Å². The number of hydrogen-bond acceptors (Lipinski definition) is 6. The van der Waals surface area contributed by atoms with Crippen LogP contribution < -0.4 is 4.90 Å². The van der Waals surface area contributed by atoms with Gasteiger partial charge in [-0.3, -0.25) is 4.79 Å². The first-order chi connectivity index (χ1) is 12.1. The number of para-hydroxylation sites is 1.